The highest BCUT2D eigenvalue weighted by Crippen LogP contribution is 2.43. The third kappa shape index (κ3) is 2.47. The highest BCUT2D eigenvalue weighted by molar-refractivity contribution is 7.99. The highest BCUT2D eigenvalue weighted by atomic mass is 32.2. The van der Waals surface area contributed by atoms with Gasteiger partial charge in [0.15, 0.2) is 0 Å². The minimum Gasteiger partial charge on any atom is -0.480 e. The fourth-order valence-electron chi connectivity index (χ4n) is 2.09. The molecule has 0 aromatic heterocycles. The number of amides is 1. The molecular weight excluding hydrogens is 295 g/mol. The van der Waals surface area contributed by atoms with Crippen LogP contribution in [0.1, 0.15) is 17.9 Å². The van der Waals surface area contributed by atoms with E-state index in [0.29, 0.717) is 12.1 Å². The van der Waals surface area contributed by atoms with E-state index in [4.69, 9.17) is 5.11 Å². The molecule has 108 valence electrons. The molecule has 1 fully saturated rings. The lowest BCUT2D eigenvalue weighted by Gasteiger charge is -2.26. The van der Waals surface area contributed by atoms with Crippen molar-refractivity contribution in [2.75, 3.05) is 5.75 Å². The van der Waals surface area contributed by atoms with E-state index in [9.17, 15) is 22.8 Å². The van der Waals surface area contributed by atoms with Crippen LogP contribution in [0.15, 0.2) is 12.1 Å². The van der Waals surface area contributed by atoms with E-state index >= 15 is 0 Å². The van der Waals surface area contributed by atoms with Gasteiger partial charge in [0.1, 0.15) is 28.9 Å². The summed E-state index contributed by atoms with van der Waals surface area (Å²) in [5.74, 6) is -5.21. The molecule has 0 spiro atoms. The van der Waals surface area contributed by atoms with Gasteiger partial charge in [0, 0.05) is 24.8 Å². The molecule has 2 rings (SSSR count). The Morgan fingerprint density at radius 1 is 1.30 bits per heavy atom. The summed E-state index contributed by atoms with van der Waals surface area (Å²) in [6.45, 7) is 1.12. The molecule has 4 nitrogen and oxygen atoms in total. The average Bonchev–Trinajstić information content (AvgIpc) is 2.72. The smallest absolute Gasteiger partial charge is 0.327 e. The van der Waals surface area contributed by atoms with Gasteiger partial charge in [-0.25, -0.2) is 18.0 Å². The molecule has 0 bridgehead atoms. The molecule has 1 aliphatic rings. The van der Waals surface area contributed by atoms with Gasteiger partial charge in [0.2, 0.25) is 5.91 Å². The number of aliphatic carboxylic acids is 1. The van der Waals surface area contributed by atoms with Crippen LogP contribution in [-0.4, -0.2) is 33.7 Å². The van der Waals surface area contributed by atoms with Crippen LogP contribution in [0.25, 0.3) is 0 Å². The lowest BCUT2D eigenvalue weighted by molar-refractivity contribution is -0.148. The van der Waals surface area contributed by atoms with E-state index in [2.05, 4.69) is 0 Å². The maximum atomic E-state index is 13.7. The van der Waals surface area contributed by atoms with Crippen molar-refractivity contribution in [3.05, 3.63) is 35.1 Å². The van der Waals surface area contributed by atoms with Crippen molar-refractivity contribution in [3.63, 3.8) is 0 Å². The second-order valence-electron chi connectivity index (χ2n) is 4.25. The number of hydrogen-bond donors (Lipinski definition) is 1. The number of hydrogen-bond acceptors (Lipinski definition) is 3. The van der Waals surface area contributed by atoms with Crippen LogP contribution in [0.3, 0.4) is 0 Å². The quantitative estimate of drug-likeness (QED) is 0.909. The number of carbonyl (C=O) groups is 2. The van der Waals surface area contributed by atoms with E-state index in [1.165, 1.54) is 0 Å². The molecule has 1 saturated heterocycles. The minimum absolute atomic E-state index is 0.00976. The van der Waals surface area contributed by atoms with Crippen molar-refractivity contribution < 1.29 is 27.9 Å². The number of carboxylic acid groups (broad SMARTS) is 1. The topological polar surface area (TPSA) is 57.6 Å². The van der Waals surface area contributed by atoms with Crippen LogP contribution in [0, 0.1) is 17.5 Å². The zero-order valence-corrected chi connectivity index (χ0v) is 11.1. The van der Waals surface area contributed by atoms with E-state index in [1.54, 1.807) is 0 Å². The molecule has 0 radical (unpaired) electrons. The maximum Gasteiger partial charge on any atom is 0.327 e. The van der Waals surface area contributed by atoms with Gasteiger partial charge < -0.3 is 10.0 Å². The van der Waals surface area contributed by atoms with Gasteiger partial charge in [0.25, 0.3) is 0 Å². The fraction of sp³-hybridized carbons (Fsp3) is 0.333. The van der Waals surface area contributed by atoms with Gasteiger partial charge in [-0.15, -0.1) is 11.8 Å². The van der Waals surface area contributed by atoms with Crippen molar-refractivity contribution in [3.8, 4) is 0 Å². The summed E-state index contributed by atoms with van der Waals surface area (Å²) in [5.41, 5.74) is -0.504. The Morgan fingerprint density at radius 3 is 2.30 bits per heavy atom. The number of carbonyl (C=O) groups excluding carboxylic acids is 1. The first-order valence-corrected chi connectivity index (χ1v) is 6.65. The van der Waals surface area contributed by atoms with Gasteiger partial charge in [-0.05, 0) is 0 Å². The van der Waals surface area contributed by atoms with Crippen molar-refractivity contribution in [2.24, 2.45) is 0 Å². The van der Waals surface area contributed by atoms with E-state index in [1.807, 2.05) is 0 Å². The highest BCUT2D eigenvalue weighted by Gasteiger charge is 2.43. The second kappa shape index (κ2) is 5.35. The molecule has 0 aliphatic carbocycles. The Labute approximate surface area is 116 Å². The summed E-state index contributed by atoms with van der Waals surface area (Å²) in [6, 6.07) is -0.150. The number of benzene rings is 1. The first-order chi connectivity index (χ1) is 9.32. The molecule has 2 unspecified atom stereocenters. The lowest BCUT2D eigenvalue weighted by atomic mass is 10.1. The van der Waals surface area contributed by atoms with Gasteiger partial charge >= 0.3 is 5.97 Å². The molecule has 0 saturated carbocycles. The molecule has 1 aromatic rings. The molecule has 1 aromatic carbocycles. The van der Waals surface area contributed by atoms with Gasteiger partial charge in [-0.2, -0.15) is 0 Å². The zero-order chi connectivity index (χ0) is 15.0. The minimum atomic E-state index is -1.25. The van der Waals surface area contributed by atoms with E-state index in [-0.39, 0.29) is 5.75 Å². The normalized spacial score (nSPS) is 22.1. The first-order valence-electron chi connectivity index (χ1n) is 5.60. The Hall–Kier alpha value is -1.70. The van der Waals surface area contributed by atoms with E-state index < -0.39 is 46.3 Å². The molecular formula is C12H10F3NO3S. The van der Waals surface area contributed by atoms with Crippen molar-refractivity contribution >= 4 is 23.6 Å². The number of thioether (sulfide) groups is 1. The molecule has 8 heteroatoms. The van der Waals surface area contributed by atoms with Gasteiger partial charge in [-0.3, -0.25) is 4.79 Å². The van der Waals surface area contributed by atoms with Crippen LogP contribution in [0.4, 0.5) is 13.2 Å². The molecule has 1 amide bonds. The number of carboxylic acids is 1. The monoisotopic (exact) mass is 305 g/mol. The van der Waals surface area contributed by atoms with Crippen LogP contribution in [-0.2, 0) is 9.59 Å². The van der Waals surface area contributed by atoms with Gasteiger partial charge in [0.05, 0.1) is 5.56 Å². The third-order valence-electron chi connectivity index (χ3n) is 2.94. The van der Waals surface area contributed by atoms with Crippen molar-refractivity contribution in [2.45, 2.75) is 18.3 Å². The van der Waals surface area contributed by atoms with Crippen LogP contribution < -0.4 is 0 Å². The van der Waals surface area contributed by atoms with Crippen LogP contribution >= 0.6 is 11.8 Å². The van der Waals surface area contributed by atoms with Crippen molar-refractivity contribution in [1.82, 2.24) is 4.90 Å². The standard InChI is InChI=1S/C12H10F3NO3S/c1-5(17)16-9(12(18)19)4-20-11(16)10-7(14)2-6(13)3-8(10)15/h2-3,9,11H,4H2,1H3,(H,18,19). The van der Waals surface area contributed by atoms with Gasteiger partial charge in [-0.1, -0.05) is 0 Å². The SMILES string of the molecule is CC(=O)N1C(C(=O)O)CSC1c1c(F)cc(F)cc1F. The maximum absolute atomic E-state index is 13.7. The predicted molar refractivity (Wildman–Crippen MR) is 65.5 cm³/mol. The summed E-state index contributed by atoms with van der Waals surface area (Å²) < 4.78 is 40.4. The Morgan fingerprint density at radius 2 is 1.85 bits per heavy atom. The number of nitrogens with zero attached hydrogens (tertiary/aromatic N) is 1. The number of halogens is 3. The van der Waals surface area contributed by atoms with E-state index in [0.717, 1.165) is 23.6 Å². The molecule has 2 atom stereocenters. The summed E-state index contributed by atoms with van der Waals surface area (Å²) in [6.07, 6.45) is 0. The molecule has 20 heavy (non-hydrogen) atoms. The summed E-state index contributed by atoms with van der Waals surface area (Å²) in [4.78, 5) is 23.5. The zero-order valence-electron chi connectivity index (χ0n) is 10.3. The Balaban J connectivity index is 2.47. The summed E-state index contributed by atoms with van der Waals surface area (Å²) in [5, 5.41) is 7.91. The summed E-state index contributed by atoms with van der Waals surface area (Å²) >= 11 is 0.924. The largest absolute Gasteiger partial charge is 0.480 e. The predicted octanol–water partition coefficient (Wildman–Crippen LogP) is 2.15. The fourth-order valence-corrected chi connectivity index (χ4v) is 3.61. The first kappa shape index (κ1) is 14.7. The Kier molecular flexibility index (Phi) is 3.94. The van der Waals surface area contributed by atoms with Crippen LogP contribution in [0.5, 0.6) is 0 Å². The average molecular weight is 305 g/mol. The van der Waals surface area contributed by atoms with Crippen molar-refractivity contribution in [1.29, 1.82) is 0 Å². The Bertz CT molecular complexity index is 558. The number of rotatable bonds is 2. The second-order valence-corrected chi connectivity index (χ2v) is 5.36. The summed E-state index contributed by atoms with van der Waals surface area (Å²) in [7, 11) is 0. The third-order valence-corrected chi connectivity index (χ3v) is 4.23. The molecule has 1 N–H and O–H groups in total. The molecule has 1 heterocycles. The lowest BCUT2D eigenvalue weighted by Crippen LogP contribution is -2.42. The van der Waals surface area contributed by atoms with Crippen LogP contribution in [0.2, 0.25) is 0 Å². The molecule has 1 aliphatic heterocycles.